The van der Waals surface area contributed by atoms with E-state index in [1.165, 1.54) is 0 Å². The van der Waals surface area contributed by atoms with Crippen LogP contribution in [0.25, 0.3) is 11.4 Å². The summed E-state index contributed by atoms with van der Waals surface area (Å²) in [4.78, 5) is 22.8. The van der Waals surface area contributed by atoms with Crippen molar-refractivity contribution in [2.75, 3.05) is 26.7 Å². The molecule has 1 atom stereocenters. The summed E-state index contributed by atoms with van der Waals surface area (Å²) in [6.45, 7) is 3.96. The van der Waals surface area contributed by atoms with Crippen LogP contribution in [0, 0.1) is 5.92 Å². The third-order valence-electron chi connectivity index (χ3n) is 4.50. The number of esters is 1. The van der Waals surface area contributed by atoms with Gasteiger partial charge >= 0.3 is 5.97 Å². The quantitative estimate of drug-likeness (QED) is 0.464. The smallest absolute Gasteiger partial charge is 0.310 e. The molecule has 1 aromatic heterocycles. The molecule has 1 unspecified atom stereocenters. The molecule has 0 spiro atoms. The second kappa shape index (κ2) is 9.54. The molecule has 2 aromatic rings. The number of piperidine rings is 1. The largest absolute Gasteiger partial charge is 0.466 e. The van der Waals surface area contributed by atoms with E-state index in [1.807, 2.05) is 19.1 Å². The number of guanidine groups is 1. The SMILES string of the molecule is CCOC(=O)C1CCCN(C(=NC)NCc2nc(-c3cccc(Cl)c3)no2)C1. The Hall–Kier alpha value is -2.61. The number of hydrogen-bond acceptors (Lipinski definition) is 6. The van der Waals surface area contributed by atoms with Crippen molar-refractivity contribution < 1.29 is 14.1 Å². The van der Waals surface area contributed by atoms with Gasteiger partial charge in [-0.15, -0.1) is 0 Å². The number of ether oxygens (including phenoxy) is 1. The van der Waals surface area contributed by atoms with Gasteiger partial charge in [0.2, 0.25) is 11.7 Å². The minimum atomic E-state index is -0.147. The number of nitrogens with one attached hydrogen (secondary N) is 1. The van der Waals surface area contributed by atoms with Crippen LogP contribution in [0.15, 0.2) is 33.8 Å². The van der Waals surface area contributed by atoms with Gasteiger partial charge in [0.25, 0.3) is 0 Å². The first-order valence-corrected chi connectivity index (χ1v) is 9.69. The molecule has 0 saturated carbocycles. The first-order valence-electron chi connectivity index (χ1n) is 9.31. The van der Waals surface area contributed by atoms with Gasteiger partial charge in [-0.25, -0.2) is 0 Å². The number of nitrogens with zero attached hydrogens (tertiary/aromatic N) is 4. The summed E-state index contributed by atoms with van der Waals surface area (Å²) in [5, 5.41) is 7.84. The summed E-state index contributed by atoms with van der Waals surface area (Å²) in [5.74, 6) is 1.33. The predicted molar refractivity (Wildman–Crippen MR) is 106 cm³/mol. The van der Waals surface area contributed by atoms with Gasteiger partial charge in [-0.2, -0.15) is 4.98 Å². The monoisotopic (exact) mass is 405 g/mol. The first-order chi connectivity index (χ1) is 13.6. The van der Waals surface area contributed by atoms with Crippen molar-refractivity contribution in [1.29, 1.82) is 0 Å². The standard InChI is InChI=1S/C19H24ClN5O3/c1-3-27-18(26)14-7-5-9-25(12-14)19(21-2)22-11-16-23-17(24-28-16)13-6-4-8-15(20)10-13/h4,6,8,10,14H,3,5,7,9,11-12H2,1-2H3,(H,21,22). The second-order valence-electron chi connectivity index (χ2n) is 6.46. The Morgan fingerprint density at radius 2 is 2.36 bits per heavy atom. The summed E-state index contributed by atoms with van der Waals surface area (Å²) < 4.78 is 10.5. The fourth-order valence-electron chi connectivity index (χ4n) is 3.18. The van der Waals surface area contributed by atoms with Crippen LogP contribution in [-0.2, 0) is 16.1 Å². The Kier molecular flexibility index (Phi) is 6.86. The van der Waals surface area contributed by atoms with Crippen molar-refractivity contribution in [3.63, 3.8) is 0 Å². The summed E-state index contributed by atoms with van der Waals surface area (Å²) >= 11 is 6.01. The second-order valence-corrected chi connectivity index (χ2v) is 6.90. The zero-order chi connectivity index (χ0) is 19.9. The number of aromatic nitrogens is 2. The third-order valence-corrected chi connectivity index (χ3v) is 4.74. The number of carbonyl (C=O) groups is 1. The first kappa shape index (κ1) is 20.1. The van der Waals surface area contributed by atoms with E-state index in [-0.39, 0.29) is 11.9 Å². The summed E-state index contributed by atoms with van der Waals surface area (Å²) in [7, 11) is 1.71. The lowest BCUT2D eigenvalue weighted by molar-refractivity contribution is -0.149. The number of carbonyl (C=O) groups excluding carboxylic acids is 1. The van der Waals surface area contributed by atoms with Crippen LogP contribution >= 0.6 is 11.6 Å². The fraction of sp³-hybridized carbons (Fsp3) is 0.474. The topological polar surface area (TPSA) is 92.8 Å². The van der Waals surface area contributed by atoms with E-state index in [0.29, 0.717) is 42.4 Å². The van der Waals surface area contributed by atoms with Crippen molar-refractivity contribution in [3.8, 4) is 11.4 Å². The molecule has 1 fully saturated rings. The normalized spacial score (nSPS) is 17.5. The summed E-state index contributed by atoms with van der Waals surface area (Å²) in [6, 6.07) is 7.28. The zero-order valence-electron chi connectivity index (χ0n) is 16.0. The Morgan fingerprint density at radius 3 is 3.11 bits per heavy atom. The van der Waals surface area contributed by atoms with Gasteiger partial charge in [0, 0.05) is 30.7 Å². The van der Waals surface area contributed by atoms with Crippen molar-refractivity contribution in [1.82, 2.24) is 20.4 Å². The molecule has 0 bridgehead atoms. The van der Waals surface area contributed by atoms with Gasteiger partial charge in [-0.1, -0.05) is 28.9 Å². The minimum Gasteiger partial charge on any atom is -0.466 e. The van der Waals surface area contributed by atoms with E-state index in [4.69, 9.17) is 20.9 Å². The minimum absolute atomic E-state index is 0.134. The van der Waals surface area contributed by atoms with Gasteiger partial charge in [0.1, 0.15) is 0 Å². The Labute approximate surface area is 168 Å². The van der Waals surface area contributed by atoms with Gasteiger partial charge in [-0.3, -0.25) is 9.79 Å². The van der Waals surface area contributed by atoms with Gasteiger partial charge < -0.3 is 19.5 Å². The molecule has 0 aliphatic carbocycles. The highest BCUT2D eigenvalue weighted by Gasteiger charge is 2.28. The van der Waals surface area contributed by atoms with Crippen molar-refractivity contribution >= 4 is 23.5 Å². The van der Waals surface area contributed by atoms with Crippen LogP contribution in [0.3, 0.4) is 0 Å². The van der Waals surface area contributed by atoms with Crippen molar-refractivity contribution in [2.45, 2.75) is 26.3 Å². The Bertz CT molecular complexity index is 838. The van der Waals surface area contributed by atoms with Crippen LogP contribution < -0.4 is 5.32 Å². The number of halogens is 1. The van der Waals surface area contributed by atoms with Gasteiger partial charge in [-0.05, 0) is 31.9 Å². The fourth-order valence-corrected chi connectivity index (χ4v) is 3.37. The number of aliphatic imine (C=N–C) groups is 1. The molecule has 1 aliphatic heterocycles. The van der Waals surface area contributed by atoms with E-state index in [1.54, 1.807) is 19.2 Å². The van der Waals surface area contributed by atoms with E-state index in [2.05, 4.69) is 25.3 Å². The number of likely N-dealkylation sites (tertiary alicyclic amines) is 1. The maximum atomic E-state index is 12.0. The van der Waals surface area contributed by atoms with Crippen LogP contribution in [0.1, 0.15) is 25.7 Å². The maximum absolute atomic E-state index is 12.0. The molecule has 9 heteroatoms. The number of benzene rings is 1. The van der Waals surface area contributed by atoms with E-state index in [0.717, 1.165) is 24.9 Å². The van der Waals surface area contributed by atoms with Crippen LogP contribution in [0.2, 0.25) is 5.02 Å². The lowest BCUT2D eigenvalue weighted by Gasteiger charge is -2.33. The molecule has 2 heterocycles. The molecule has 1 aromatic carbocycles. The maximum Gasteiger partial charge on any atom is 0.310 e. The van der Waals surface area contributed by atoms with E-state index < -0.39 is 0 Å². The van der Waals surface area contributed by atoms with Crippen LogP contribution in [0.5, 0.6) is 0 Å². The highest BCUT2D eigenvalue weighted by molar-refractivity contribution is 6.30. The zero-order valence-corrected chi connectivity index (χ0v) is 16.8. The summed E-state index contributed by atoms with van der Waals surface area (Å²) in [5.41, 5.74) is 0.792. The van der Waals surface area contributed by atoms with Crippen LogP contribution in [-0.4, -0.2) is 53.7 Å². The molecule has 3 rings (SSSR count). The average Bonchev–Trinajstić information content (AvgIpc) is 3.18. The molecule has 28 heavy (non-hydrogen) atoms. The molecule has 0 amide bonds. The average molecular weight is 406 g/mol. The van der Waals surface area contributed by atoms with Crippen molar-refractivity contribution in [3.05, 3.63) is 35.2 Å². The summed E-state index contributed by atoms with van der Waals surface area (Å²) in [6.07, 6.45) is 1.74. The lowest BCUT2D eigenvalue weighted by Crippen LogP contribution is -2.48. The lowest BCUT2D eigenvalue weighted by atomic mass is 9.98. The highest BCUT2D eigenvalue weighted by atomic mass is 35.5. The van der Waals surface area contributed by atoms with Gasteiger partial charge in [0.05, 0.1) is 19.1 Å². The molecular weight excluding hydrogens is 382 g/mol. The van der Waals surface area contributed by atoms with Crippen molar-refractivity contribution in [2.24, 2.45) is 10.9 Å². The Morgan fingerprint density at radius 1 is 1.50 bits per heavy atom. The van der Waals surface area contributed by atoms with E-state index in [9.17, 15) is 4.79 Å². The molecule has 0 radical (unpaired) electrons. The van der Waals surface area contributed by atoms with Gasteiger partial charge in [0.15, 0.2) is 5.96 Å². The number of hydrogen-bond donors (Lipinski definition) is 1. The molecule has 1 N–H and O–H groups in total. The Balaban J connectivity index is 1.59. The predicted octanol–water partition coefficient (Wildman–Crippen LogP) is 2.74. The molecule has 1 aliphatic rings. The molecule has 8 nitrogen and oxygen atoms in total. The van der Waals surface area contributed by atoms with Crippen LogP contribution in [0.4, 0.5) is 0 Å². The number of rotatable bonds is 5. The molecule has 150 valence electrons. The third kappa shape index (κ3) is 5.01. The van der Waals surface area contributed by atoms with E-state index >= 15 is 0 Å². The molecular formula is C19H24ClN5O3. The highest BCUT2D eigenvalue weighted by Crippen LogP contribution is 2.20. The molecule has 1 saturated heterocycles.